The average Bonchev–Trinajstić information content (AvgIpc) is 2.71. The van der Waals surface area contributed by atoms with Crippen LogP contribution in [0.15, 0.2) is 0 Å². The molecule has 5 heteroatoms. The van der Waals surface area contributed by atoms with Crippen LogP contribution in [0.1, 0.15) is 33.6 Å². The fourth-order valence-electron chi connectivity index (χ4n) is 1.95. The highest BCUT2D eigenvalue weighted by Crippen LogP contribution is 2.20. The Hall–Kier alpha value is -1.10. The van der Waals surface area contributed by atoms with E-state index in [0.29, 0.717) is 13.0 Å². The van der Waals surface area contributed by atoms with Crippen LogP contribution in [0.4, 0.5) is 0 Å². The van der Waals surface area contributed by atoms with Crippen LogP contribution in [0.25, 0.3) is 0 Å². The first-order valence-electron chi connectivity index (χ1n) is 6.10. The van der Waals surface area contributed by atoms with E-state index in [0.717, 1.165) is 6.42 Å². The summed E-state index contributed by atoms with van der Waals surface area (Å²) in [6, 6.07) is -0.802. The number of carbonyl (C=O) groups is 2. The van der Waals surface area contributed by atoms with Crippen molar-refractivity contribution in [3.8, 4) is 0 Å². The van der Waals surface area contributed by atoms with E-state index in [1.165, 1.54) is 0 Å². The number of ether oxygens (including phenoxy) is 1. The molecule has 0 bridgehead atoms. The third-order valence-corrected chi connectivity index (χ3v) is 3.35. The van der Waals surface area contributed by atoms with Crippen molar-refractivity contribution >= 4 is 11.9 Å². The van der Waals surface area contributed by atoms with Gasteiger partial charge in [0, 0.05) is 0 Å². The summed E-state index contributed by atoms with van der Waals surface area (Å²) in [5.74, 6) is -1.46. The number of nitrogens with one attached hydrogen (secondary N) is 1. The molecule has 0 aromatic rings. The number of hydrogen-bond donors (Lipinski definition) is 2. The van der Waals surface area contributed by atoms with Gasteiger partial charge >= 0.3 is 5.97 Å². The van der Waals surface area contributed by atoms with Crippen molar-refractivity contribution in [1.82, 2.24) is 5.32 Å². The van der Waals surface area contributed by atoms with Gasteiger partial charge in [-0.2, -0.15) is 0 Å². The van der Waals surface area contributed by atoms with Crippen molar-refractivity contribution in [2.75, 3.05) is 6.61 Å². The van der Waals surface area contributed by atoms with E-state index >= 15 is 0 Å². The molecule has 98 valence electrons. The summed E-state index contributed by atoms with van der Waals surface area (Å²) in [6.07, 6.45) is 1.46. The molecule has 1 aliphatic rings. The Morgan fingerprint density at radius 1 is 1.53 bits per heavy atom. The lowest BCUT2D eigenvalue weighted by Crippen LogP contribution is -2.47. The molecule has 5 nitrogen and oxygen atoms in total. The van der Waals surface area contributed by atoms with Crippen molar-refractivity contribution < 1.29 is 19.4 Å². The number of carboxylic acids is 1. The highest BCUT2D eigenvalue weighted by atomic mass is 16.5. The minimum Gasteiger partial charge on any atom is -0.480 e. The molecular formula is C12H21NO4. The summed E-state index contributed by atoms with van der Waals surface area (Å²) in [7, 11) is 0. The van der Waals surface area contributed by atoms with Gasteiger partial charge in [-0.3, -0.25) is 4.79 Å². The molecule has 4 unspecified atom stereocenters. The van der Waals surface area contributed by atoms with Crippen molar-refractivity contribution in [1.29, 1.82) is 0 Å². The third-order valence-electron chi connectivity index (χ3n) is 3.35. The minimum atomic E-state index is -0.973. The quantitative estimate of drug-likeness (QED) is 0.756. The molecule has 0 aliphatic carbocycles. The number of amides is 1. The van der Waals surface area contributed by atoms with E-state index in [2.05, 4.69) is 5.32 Å². The highest BCUT2D eigenvalue weighted by molar-refractivity contribution is 5.85. The van der Waals surface area contributed by atoms with E-state index in [4.69, 9.17) is 9.84 Å². The van der Waals surface area contributed by atoms with Crippen LogP contribution in [0.3, 0.4) is 0 Å². The van der Waals surface area contributed by atoms with Crippen LogP contribution in [0, 0.1) is 11.8 Å². The molecule has 0 aromatic carbocycles. The Bertz CT molecular complexity index is 292. The Kier molecular flexibility index (Phi) is 4.93. The number of carboxylic acid groups (broad SMARTS) is 1. The van der Waals surface area contributed by atoms with Gasteiger partial charge in [-0.05, 0) is 19.3 Å². The summed E-state index contributed by atoms with van der Waals surface area (Å²) < 4.78 is 5.31. The maximum absolute atomic E-state index is 11.9. The predicted molar refractivity (Wildman–Crippen MR) is 62.5 cm³/mol. The topological polar surface area (TPSA) is 75.6 Å². The molecule has 2 N–H and O–H groups in total. The van der Waals surface area contributed by atoms with E-state index in [9.17, 15) is 9.59 Å². The molecule has 1 rings (SSSR count). The highest BCUT2D eigenvalue weighted by Gasteiger charge is 2.32. The standard InChI is InChI=1S/C12H21NO4/c1-4-7(2)10(12(15)16)13-11(14)9-5-8(3)17-6-9/h7-10H,4-6H2,1-3H3,(H,13,14)(H,15,16). The Morgan fingerprint density at radius 2 is 2.18 bits per heavy atom. The van der Waals surface area contributed by atoms with E-state index in [1.54, 1.807) is 0 Å². The van der Waals surface area contributed by atoms with Gasteiger partial charge in [0.15, 0.2) is 0 Å². The van der Waals surface area contributed by atoms with Crippen LogP contribution in [-0.4, -0.2) is 35.7 Å². The second-order valence-corrected chi connectivity index (χ2v) is 4.79. The zero-order chi connectivity index (χ0) is 13.0. The van der Waals surface area contributed by atoms with Crippen molar-refractivity contribution in [2.24, 2.45) is 11.8 Å². The van der Waals surface area contributed by atoms with Crippen molar-refractivity contribution in [2.45, 2.75) is 45.8 Å². The monoisotopic (exact) mass is 243 g/mol. The largest absolute Gasteiger partial charge is 0.480 e. The Labute approximate surface area is 102 Å². The van der Waals surface area contributed by atoms with Crippen LogP contribution in [0.2, 0.25) is 0 Å². The molecule has 1 heterocycles. The van der Waals surface area contributed by atoms with Crippen LogP contribution >= 0.6 is 0 Å². The SMILES string of the molecule is CCC(C)C(NC(=O)C1COC(C)C1)C(=O)O. The van der Waals surface area contributed by atoms with Gasteiger partial charge in [0.1, 0.15) is 6.04 Å². The number of hydrogen-bond acceptors (Lipinski definition) is 3. The number of rotatable bonds is 5. The van der Waals surface area contributed by atoms with Gasteiger partial charge in [0.2, 0.25) is 5.91 Å². The second-order valence-electron chi connectivity index (χ2n) is 4.79. The van der Waals surface area contributed by atoms with Gasteiger partial charge in [0.25, 0.3) is 0 Å². The third kappa shape index (κ3) is 3.70. The van der Waals surface area contributed by atoms with Gasteiger partial charge < -0.3 is 15.2 Å². The van der Waals surface area contributed by atoms with Gasteiger partial charge in [0.05, 0.1) is 18.6 Å². The van der Waals surface area contributed by atoms with Crippen LogP contribution < -0.4 is 5.32 Å². The van der Waals surface area contributed by atoms with Gasteiger partial charge in [-0.25, -0.2) is 4.79 Å². The lowest BCUT2D eigenvalue weighted by Gasteiger charge is -2.21. The maximum Gasteiger partial charge on any atom is 0.326 e. The molecule has 0 aromatic heterocycles. The fourth-order valence-corrected chi connectivity index (χ4v) is 1.95. The number of aliphatic carboxylic acids is 1. The first kappa shape index (κ1) is 14.0. The summed E-state index contributed by atoms with van der Waals surface area (Å²) in [5, 5.41) is 11.7. The van der Waals surface area contributed by atoms with Gasteiger partial charge in [-0.15, -0.1) is 0 Å². The summed E-state index contributed by atoms with van der Waals surface area (Å²) in [5.41, 5.74) is 0. The van der Waals surface area contributed by atoms with Crippen LogP contribution in [-0.2, 0) is 14.3 Å². The molecule has 0 spiro atoms. The fraction of sp³-hybridized carbons (Fsp3) is 0.833. The van der Waals surface area contributed by atoms with Gasteiger partial charge in [-0.1, -0.05) is 20.3 Å². The first-order valence-corrected chi connectivity index (χ1v) is 6.10. The van der Waals surface area contributed by atoms with Crippen LogP contribution in [0.5, 0.6) is 0 Å². The maximum atomic E-state index is 11.9. The molecule has 1 amide bonds. The smallest absolute Gasteiger partial charge is 0.326 e. The molecule has 0 radical (unpaired) electrons. The van der Waals surface area contributed by atoms with E-state index in [1.807, 2.05) is 20.8 Å². The van der Waals surface area contributed by atoms with Crippen molar-refractivity contribution in [3.63, 3.8) is 0 Å². The zero-order valence-electron chi connectivity index (χ0n) is 10.6. The lowest BCUT2D eigenvalue weighted by atomic mass is 9.97. The molecule has 1 saturated heterocycles. The predicted octanol–water partition coefficient (Wildman–Crippen LogP) is 1.03. The Balaban J connectivity index is 2.55. The van der Waals surface area contributed by atoms with E-state index < -0.39 is 12.0 Å². The molecule has 4 atom stereocenters. The Morgan fingerprint density at radius 3 is 2.59 bits per heavy atom. The molecule has 1 fully saturated rings. The molecule has 1 aliphatic heterocycles. The summed E-state index contributed by atoms with van der Waals surface area (Å²) >= 11 is 0. The molecule has 17 heavy (non-hydrogen) atoms. The second kappa shape index (κ2) is 6.00. The first-order chi connectivity index (χ1) is 7.95. The lowest BCUT2D eigenvalue weighted by molar-refractivity contribution is -0.144. The van der Waals surface area contributed by atoms with E-state index in [-0.39, 0.29) is 23.8 Å². The number of carbonyl (C=O) groups excluding carboxylic acids is 1. The normalized spacial score (nSPS) is 27.5. The van der Waals surface area contributed by atoms with Crippen molar-refractivity contribution in [3.05, 3.63) is 0 Å². The summed E-state index contributed by atoms with van der Waals surface area (Å²) in [6.45, 7) is 6.04. The zero-order valence-corrected chi connectivity index (χ0v) is 10.6. The molecule has 0 saturated carbocycles. The molecular weight excluding hydrogens is 222 g/mol. The minimum absolute atomic E-state index is 0.0730. The summed E-state index contributed by atoms with van der Waals surface area (Å²) in [4.78, 5) is 22.9. The average molecular weight is 243 g/mol.